The summed E-state index contributed by atoms with van der Waals surface area (Å²) in [5.74, 6) is 0. The summed E-state index contributed by atoms with van der Waals surface area (Å²) in [5.41, 5.74) is 3.84. The first-order chi connectivity index (χ1) is 9.56. The number of nitrogens with one attached hydrogen (secondary N) is 1. The maximum absolute atomic E-state index is 3.97. The number of rotatable bonds is 6. The third kappa shape index (κ3) is 3.92. The topological polar surface area (TPSA) is 35.2 Å². The fourth-order valence-corrected chi connectivity index (χ4v) is 2.23. The van der Waals surface area contributed by atoms with Gasteiger partial charge in [0.2, 0.25) is 0 Å². The standard InChI is InChI=1S/C16H24N4/c1-13(19(2)3)15-7-5-14(6-8-15)11-20(4)12-16-9-10-17-18-16/h5-10,13H,11-12H2,1-4H3,(H,17,18)/t13-/m0/s1. The van der Waals surface area contributed by atoms with E-state index >= 15 is 0 Å². The lowest BCUT2D eigenvalue weighted by Gasteiger charge is -2.21. The van der Waals surface area contributed by atoms with Crippen molar-refractivity contribution in [3.8, 4) is 0 Å². The molecule has 20 heavy (non-hydrogen) atoms. The van der Waals surface area contributed by atoms with E-state index in [2.05, 4.69) is 72.3 Å². The fourth-order valence-electron chi connectivity index (χ4n) is 2.23. The van der Waals surface area contributed by atoms with Gasteiger partial charge in [-0.2, -0.15) is 5.10 Å². The zero-order valence-electron chi connectivity index (χ0n) is 12.8. The van der Waals surface area contributed by atoms with E-state index in [1.807, 2.05) is 6.07 Å². The molecular weight excluding hydrogens is 248 g/mol. The molecule has 0 aliphatic carbocycles. The predicted octanol–water partition coefficient (Wildman–Crippen LogP) is 2.66. The third-order valence-corrected chi connectivity index (χ3v) is 3.69. The molecule has 0 radical (unpaired) electrons. The average Bonchev–Trinajstić information content (AvgIpc) is 2.91. The molecule has 0 saturated carbocycles. The molecule has 4 heteroatoms. The lowest BCUT2D eigenvalue weighted by atomic mass is 10.1. The van der Waals surface area contributed by atoms with Gasteiger partial charge in [-0.05, 0) is 45.3 Å². The summed E-state index contributed by atoms with van der Waals surface area (Å²) in [7, 11) is 6.34. The maximum Gasteiger partial charge on any atom is 0.0492 e. The largest absolute Gasteiger partial charge is 0.303 e. The van der Waals surface area contributed by atoms with Crippen molar-refractivity contribution in [2.24, 2.45) is 0 Å². The number of H-pyrrole nitrogens is 1. The summed E-state index contributed by atoms with van der Waals surface area (Å²) in [6.07, 6.45) is 1.79. The van der Waals surface area contributed by atoms with Crippen molar-refractivity contribution in [1.29, 1.82) is 0 Å². The molecular formula is C16H24N4. The van der Waals surface area contributed by atoms with Gasteiger partial charge in [-0.1, -0.05) is 24.3 Å². The fraction of sp³-hybridized carbons (Fsp3) is 0.438. The minimum atomic E-state index is 0.451. The van der Waals surface area contributed by atoms with Crippen molar-refractivity contribution < 1.29 is 0 Å². The van der Waals surface area contributed by atoms with Crippen LogP contribution in [0.15, 0.2) is 36.5 Å². The Morgan fingerprint density at radius 3 is 2.30 bits per heavy atom. The first kappa shape index (κ1) is 14.8. The Balaban J connectivity index is 1.93. The highest BCUT2D eigenvalue weighted by Gasteiger charge is 2.08. The summed E-state index contributed by atoms with van der Waals surface area (Å²) in [4.78, 5) is 4.50. The van der Waals surface area contributed by atoms with Gasteiger partial charge in [0.05, 0.1) is 0 Å². The van der Waals surface area contributed by atoms with Crippen LogP contribution in [-0.2, 0) is 13.1 Å². The summed E-state index contributed by atoms with van der Waals surface area (Å²) >= 11 is 0. The minimum absolute atomic E-state index is 0.451. The van der Waals surface area contributed by atoms with Crippen LogP contribution in [0.5, 0.6) is 0 Å². The molecule has 0 bridgehead atoms. The summed E-state index contributed by atoms with van der Waals surface area (Å²) in [6, 6.07) is 11.4. The molecule has 1 aromatic heterocycles. The number of hydrogen-bond donors (Lipinski definition) is 1. The molecule has 2 rings (SSSR count). The van der Waals surface area contributed by atoms with Gasteiger partial charge in [0, 0.05) is 31.0 Å². The first-order valence-electron chi connectivity index (χ1n) is 6.98. The zero-order valence-corrected chi connectivity index (χ0v) is 12.8. The monoisotopic (exact) mass is 272 g/mol. The average molecular weight is 272 g/mol. The van der Waals surface area contributed by atoms with E-state index in [1.165, 1.54) is 11.1 Å². The quantitative estimate of drug-likeness (QED) is 0.878. The normalized spacial score (nSPS) is 13.1. The molecule has 1 aromatic carbocycles. The number of aromatic amines is 1. The second-order valence-electron chi connectivity index (χ2n) is 5.64. The van der Waals surface area contributed by atoms with Gasteiger partial charge in [0.1, 0.15) is 0 Å². The van der Waals surface area contributed by atoms with E-state index in [0.717, 1.165) is 18.8 Å². The second-order valence-corrected chi connectivity index (χ2v) is 5.64. The highest BCUT2D eigenvalue weighted by Crippen LogP contribution is 2.18. The van der Waals surface area contributed by atoms with Crippen LogP contribution in [0.25, 0.3) is 0 Å². The number of aromatic nitrogens is 2. The van der Waals surface area contributed by atoms with Crippen LogP contribution in [0.3, 0.4) is 0 Å². The Kier molecular flexibility index (Phi) is 4.93. The summed E-state index contributed by atoms with van der Waals surface area (Å²) in [5, 5.41) is 6.97. The van der Waals surface area contributed by atoms with Crippen LogP contribution in [-0.4, -0.2) is 41.1 Å². The Hall–Kier alpha value is -1.65. The van der Waals surface area contributed by atoms with Gasteiger partial charge in [-0.15, -0.1) is 0 Å². The van der Waals surface area contributed by atoms with E-state index in [9.17, 15) is 0 Å². The van der Waals surface area contributed by atoms with E-state index in [1.54, 1.807) is 6.20 Å². The number of hydrogen-bond acceptors (Lipinski definition) is 3. The van der Waals surface area contributed by atoms with Crippen molar-refractivity contribution in [2.75, 3.05) is 21.1 Å². The molecule has 0 amide bonds. The van der Waals surface area contributed by atoms with E-state index in [4.69, 9.17) is 0 Å². The number of nitrogens with zero attached hydrogens (tertiary/aromatic N) is 3. The smallest absolute Gasteiger partial charge is 0.0492 e. The van der Waals surface area contributed by atoms with Crippen LogP contribution < -0.4 is 0 Å². The molecule has 0 aliphatic rings. The molecule has 1 heterocycles. The van der Waals surface area contributed by atoms with Crippen LogP contribution in [0.2, 0.25) is 0 Å². The first-order valence-corrected chi connectivity index (χ1v) is 6.98. The van der Waals surface area contributed by atoms with Gasteiger partial charge < -0.3 is 4.90 Å². The Labute approximate surface area is 121 Å². The highest BCUT2D eigenvalue weighted by molar-refractivity contribution is 5.24. The van der Waals surface area contributed by atoms with Gasteiger partial charge in [-0.3, -0.25) is 10.00 Å². The van der Waals surface area contributed by atoms with E-state index in [0.29, 0.717) is 6.04 Å². The molecule has 2 aromatic rings. The SMILES string of the molecule is C[C@@H](c1ccc(CN(C)Cc2ccn[nH]2)cc1)N(C)C. The minimum Gasteiger partial charge on any atom is -0.303 e. The maximum atomic E-state index is 3.97. The molecule has 1 atom stereocenters. The van der Waals surface area contributed by atoms with Gasteiger partial charge in [0.15, 0.2) is 0 Å². The Morgan fingerprint density at radius 1 is 1.05 bits per heavy atom. The highest BCUT2D eigenvalue weighted by atomic mass is 15.2. The van der Waals surface area contributed by atoms with Crippen molar-refractivity contribution in [3.63, 3.8) is 0 Å². The number of benzene rings is 1. The molecule has 0 fully saturated rings. The Morgan fingerprint density at radius 2 is 1.75 bits per heavy atom. The lowest BCUT2D eigenvalue weighted by molar-refractivity contribution is 0.313. The summed E-state index contributed by atoms with van der Waals surface area (Å²) in [6.45, 7) is 4.05. The lowest BCUT2D eigenvalue weighted by Crippen LogP contribution is -2.18. The van der Waals surface area contributed by atoms with Crippen LogP contribution in [0.1, 0.15) is 29.8 Å². The third-order valence-electron chi connectivity index (χ3n) is 3.69. The van der Waals surface area contributed by atoms with Crippen molar-refractivity contribution in [3.05, 3.63) is 53.3 Å². The Bertz CT molecular complexity index is 502. The molecule has 0 aliphatic heterocycles. The van der Waals surface area contributed by atoms with Crippen molar-refractivity contribution >= 4 is 0 Å². The molecule has 4 nitrogen and oxygen atoms in total. The van der Waals surface area contributed by atoms with Crippen LogP contribution in [0.4, 0.5) is 0 Å². The van der Waals surface area contributed by atoms with Gasteiger partial charge >= 0.3 is 0 Å². The van der Waals surface area contributed by atoms with Crippen LogP contribution in [0, 0.1) is 0 Å². The molecule has 0 saturated heterocycles. The molecule has 108 valence electrons. The van der Waals surface area contributed by atoms with Crippen LogP contribution >= 0.6 is 0 Å². The predicted molar refractivity (Wildman–Crippen MR) is 82.3 cm³/mol. The van der Waals surface area contributed by atoms with Crippen molar-refractivity contribution in [2.45, 2.75) is 26.1 Å². The van der Waals surface area contributed by atoms with Gasteiger partial charge in [-0.25, -0.2) is 0 Å². The summed E-state index contributed by atoms with van der Waals surface area (Å²) < 4.78 is 0. The molecule has 1 N–H and O–H groups in total. The second kappa shape index (κ2) is 6.68. The van der Waals surface area contributed by atoms with Crippen molar-refractivity contribution in [1.82, 2.24) is 20.0 Å². The molecule has 0 unspecified atom stereocenters. The van der Waals surface area contributed by atoms with E-state index in [-0.39, 0.29) is 0 Å². The van der Waals surface area contributed by atoms with E-state index < -0.39 is 0 Å². The molecule has 0 spiro atoms. The zero-order chi connectivity index (χ0) is 14.5. The van der Waals surface area contributed by atoms with Gasteiger partial charge in [0.25, 0.3) is 0 Å².